The molecule has 1 aliphatic rings. The number of carbonyl (C=O) groups excluding carboxylic acids is 1. The molecule has 0 aromatic carbocycles. The standard InChI is InChI=1S/C13H25NO3/c1-9-5-6-17-11(9)12(16)14-8-10(15)7-13(2,3)4/h9-11,15H,5-8H2,1-4H3,(H,14,16). The molecule has 3 atom stereocenters. The fraction of sp³-hybridized carbons (Fsp3) is 0.923. The third kappa shape index (κ3) is 5.04. The van der Waals surface area contributed by atoms with E-state index in [4.69, 9.17) is 4.74 Å². The monoisotopic (exact) mass is 243 g/mol. The first-order valence-electron chi connectivity index (χ1n) is 6.37. The third-order valence-electron chi connectivity index (χ3n) is 3.01. The molecule has 4 nitrogen and oxygen atoms in total. The fourth-order valence-electron chi connectivity index (χ4n) is 2.13. The lowest BCUT2D eigenvalue weighted by atomic mass is 9.89. The highest BCUT2D eigenvalue weighted by Gasteiger charge is 2.31. The van der Waals surface area contributed by atoms with Crippen LogP contribution in [0.3, 0.4) is 0 Å². The number of nitrogens with one attached hydrogen (secondary N) is 1. The van der Waals surface area contributed by atoms with Gasteiger partial charge >= 0.3 is 0 Å². The predicted molar refractivity (Wildman–Crippen MR) is 66.6 cm³/mol. The summed E-state index contributed by atoms with van der Waals surface area (Å²) < 4.78 is 5.37. The van der Waals surface area contributed by atoms with E-state index in [9.17, 15) is 9.90 Å². The van der Waals surface area contributed by atoms with Crippen LogP contribution >= 0.6 is 0 Å². The lowest BCUT2D eigenvalue weighted by Crippen LogP contribution is -2.41. The summed E-state index contributed by atoms with van der Waals surface area (Å²) >= 11 is 0. The van der Waals surface area contributed by atoms with Gasteiger partial charge in [0.1, 0.15) is 6.10 Å². The molecule has 0 bridgehead atoms. The van der Waals surface area contributed by atoms with Gasteiger partial charge in [-0.05, 0) is 24.2 Å². The molecule has 1 amide bonds. The summed E-state index contributed by atoms with van der Waals surface area (Å²) in [5, 5.41) is 12.6. The fourth-order valence-corrected chi connectivity index (χ4v) is 2.13. The zero-order valence-corrected chi connectivity index (χ0v) is 11.3. The molecule has 100 valence electrons. The van der Waals surface area contributed by atoms with Gasteiger partial charge in [-0.3, -0.25) is 4.79 Å². The van der Waals surface area contributed by atoms with Crippen LogP contribution in [0, 0.1) is 11.3 Å². The summed E-state index contributed by atoms with van der Waals surface area (Å²) in [6.45, 7) is 9.19. The maximum Gasteiger partial charge on any atom is 0.249 e. The normalized spacial score (nSPS) is 26.9. The van der Waals surface area contributed by atoms with E-state index < -0.39 is 6.10 Å². The molecule has 0 radical (unpaired) electrons. The maximum absolute atomic E-state index is 11.8. The van der Waals surface area contributed by atoms with Crippen LogP contribution < -0.4 is 5.32 Å². The Bertz CT molecular complexity index is 260. The largest absolute Gasteiger partial charge is 0.391 e. The first-order chi connectivity index (χ1) is 7.79. The van der Waals surface area contributed by atoms with Crippen molar-refractivity contribution in [3.8, 4) is 0 Å². The molecule has 0 aromatic heterocycles. The minimum atomic E-state index is -0.490. The summed E-state index contributed by atoms with van der Waals surface area (Å²) in [5.41, 5.74) is 0.0707. The molecule has 3 unspecified atom stereocenters. The molecule has 0 spiro atoms. The van der Waals surface area contributed by atoms with Crippen molar-refractivity contribution in [2.45, 2.75) is 52.7 Å². The van der Waals surface area contributed by atoms with Crippen LogP contribution in [-0.4, -0.2) is 36.4 Å². The average Bonchev–Trinajstić information content (AvgIpc) is 2.58. The van der Waals surface area contributed by atoms with E-state index in [2.05, 4.69) is 26.1 Å². The van der Waals surface area contributed by atoms with Crippen molar-refractivity contribution in [1.29, 1.82) is 0 Å². The topological polar surface area (TPSA) is 58.6 Å². The second kappa shape index (κ2) is 5.83. The third-order valence-corrected chi connectivity index (χ3v) is 3.01. The zero-order valence-electron chi connectivity index (χ0n) is 11.3. The van der Waals surface area contributed by atoms with Crippen LogP contribution in [0.2, 0.25) is 0 Å². The Morgan fingerprint density at radius 1 is 1.53 bits per heavy atom. The molecule has 0 saturated carbocycles. The molecule has 1 rings (SSSR count). The molecule has 1 saturated heterocycles. The Hall–Kier alpha value is -0.610. The van der Waals surface area contributed by atoms with Crippen LogP contribution in [0.25, 0.3) is 0 Å². The summed E-state index contributed by atoms with van der Waals surface area (Å²) in [6, 6.07) is 0. The summed E-state index contributed by atoms with van der Waals surface area (Å²) in [6.07, 6.45) is 0.782. The smallest absolute Gasteiger partial charge is 0.249 e. The Balaban J connectivity index is 2.28. The first kappa shape index (κ1) is 14.5. The molecule has 0 aliphatic carbocycles. The Morgan fingerprint density at radius 2 is 2.18 bits per heavy atom. The summed E-state index contributed by atoms with van der Waals surface area (Å²) in [5.74, 6) is 0.178. The second-order valence-corrected chi connectivity index (χ2v) is 6.22. The van der Waals surface area contributed by atoms with Crippen molar-refractivity contribution >= 4 is 5.91 Å². The second-order valence-electron chi connectivity index (χ2n) is 6.22. The van der Waals surface area contributed by atoms with Crippen molar-refractivity contribution in [3.63, 3.8) is 0 Å². The van der Waals surface area contributed by atoms with Crippen LogP contribution in [0.4, 0.5) is 0 Å². The zero-order chi connectivity index (χ0) is 13.1. The van der Waals surface area contributed by atoms with E-state index in [0.717, 1.165) is 6.42 Å². The molecular formula is C13H25NO3. The highest BCUT2D eigenvalue weighted by Crippen LogP contribution is 2.21. The van der Waals surface area contributed by atoms with Gasteiger partial charge in [0, 0.05) is 13.2 Å². The summed E-state index contributed by atoms with van der Waals surface area (Å²) in [7, 11) is 0. The van der Waals surface area contributed by atoms with Crippen LogP contribution in [0.5, 0.6) is 0 Å². The van der Waals surface area contributed by atoms with Gasteiger partial charge in [0.15, 0.2) is 0 Å². The van der Waals surface area contributed by atoms with Crippen LogP contribution in [-0.2, 0) is 9.53 Å². The molecule has 1 fully saturated rings. The lowest BCUT2D eigenvalue weighted by molar-refractivity contribution is -0.132. The Morgan fingerprint density at radius 3 is 2.65 bits per heavy atom. The van der Waals surface area contributed by atoms with Gasteiger partial charge in [-0.2, -0.15) is 0 Å². The molecule has 1 aliphatic heterocycles. The van der Waals surface area contributed by atoms with Crippen molar-refractivity contribution < 1.29 is 14.6 Å². The highest BCUT2D eigenvalue weighted by atomic mass is 16.5. The van der Waals surface area contributed by atoms with E-state index in [0.29, 0.717) is 19.6 Å². The number of rotatable bonds is 4. The number of aliphatic hydroxyl groups is 1. The maximum atomic E-state index is 11.8. The van der Waals surface area contributed by atoms with Gasteiger partial charge in [0.25, 0.3) is 0 Å². The van der Waals surface area contributed by atoms with Gasteiger partial charge < -0.3 is 15.2 Å². The first-order valence-corrected chi connectivity index (χ1v) is 6.37. The average molecular weight is 243 g/mol. The van der Waals surface area contributed by atoms with Crippen molar-refractivity contribution in [2.24, 2.45) is 11.3 Å². The number of ether oxygens (including phenoxy) is 1. The number of hydrogen-bond acceptors (Lipinski definition) is 3. The van der Waals surface area contributed by atoms with Crippen LogP contribution in [0.1, 0.15) is 40.5 Å². The quantitative estimate of drug-likeness (QED) is 0.783. The van der Waals surface area contributed by atoms with E-state index in [-0.39, 0.29) is 23.3 Å². The molecule has 2 N–H and O–H groups in total. The number of carbonyl (C=O) groups is 1. The van der Waals surface area contributed by atoms with E-state index in [1.54, 1.807) is 0 Å². The lowest BCUT2D eigenvalue weighted by Gasteiger charge is -2.23. The van der Waals surface area contributed by atoms with Crippen molar-refractivity contribution in [1.82, 2.24) is 5.32 Å². The molecular weight excluding hydrogens is 218 g/mol. The van der Waals surface area contributed by atoms with Gasteiger partial charge in [-0.1, -0.05) is 27.7 Å². The number of amides is 1. The molecule has 4 heteroatoms. The molecule has 17 heavy (non-hydrogen) atoms. The highest BCUT2D eigenvalue weighted by molar-refractivity contribution is 5.81. The van der Waals surface area contributed by atoms with E-state index in [1.807, 2.05) is 6.92 Å². The molecule has 1 heterocycles. The van der Waals surface area contributed by atoms with Gasteiger partial charge in [-0.25, -0.2) is 0 Å². The Kier molecular flexibility index (Phi) is 4.95. The van der Waals surface area contributed by atoms with E-state index >= 15 is 0 Å². The van der Waals surface area contributed by atoms with E-state index in [1.165, 1.54) is 0 Å². The minimum Gasteiger partial charge on any atom is -0.391 e. The predicted octanol–water partition coefficient (Wildman–Crippen LogP) is 1.32. The van der Waals surface area contributed by atoms with Gasteiger partial charge in [0.05, 0.1) is 6.10 Å². The van der Waals surface area contributed by atoms with Crippen molar-refractivity contribution in [2.75, 3.05) is 13.2 Å². The number of aliphatic hydroxyl groups excluding tert-OH is 1. The van der Waals surface area contributed by atoms with Gasteiger partial charge in [-0.15, -0.1) is 0 Å². The molecule has 0 aromatic rings. The Labute approximate surface area is 104 Å². The minimum absolute atomic E-state index is 0.0707. The summed E-state index contributed by atoms with van der Waals surface area (Å²) in [4.78, 5) is 11.8. The van der Waals surface area contributed by atoms with Gasteiger partial charge in [0.2, 0.25) is 5.91 Å². The SMILES string of the molecule is CC1CCOC1C(=O)NCC(O)CC(C)(C)C. The number of hydrogen-bond donors (Lipinski definition) is 2. The van der Waals surface area contributed by atoms with Crippen LogP contribution in [0.15, 0.2) is 0 Å². The van der Waals surface area contributed by atoms with Crippen molar-refractivity contribution in [3.05, 3.63) is 0 Å².